The minimum Gasteiger partial charge on any atom is -0.355 e. The van der Waals surface area contributed by atoms with E-state index in [1.165, 1.54) is 0 Å². The van der Waals surface area contributed by atoms with Crippen LogP contribution < -0.4 is 20.4 Å². The van der Waals surface area contributed by atoms with Gasteiger partial charge in [-0.1, -0.05) is 12.1 Å². The molecule has 2 fully saturated rings. The molecular weight excluding hydrogens is 711 g/mol. The van der Waals surface area contributed by atoms with Crippen molar-refractivity contribution in [2.75, 3.05) is 23.9 Å². The van der Waals surface area contributed by atoms with E-state index in [0.717, 1.165) is 76.8 Å². The van der Waals surface area contributed by atoms with Crippen LogP contribution in [-0.4, -0.2) is 93.5 Å². The lowest BCUT2D eigenvalue weighted by Gasteiger charge is -2.49. The maximum Gasteiger partial charge on any atom is 0.153 e. The summed E-state index contributed by atoms with van der Waals surface area (Å²) < 4.78 is 1.73. The number of nitrogens with zero attached hydrogens (tertiary/aromatic N) is 11. The average Bonchev–Trinajstić information content (AvgIpc) is 3.71. The number of fused-ring (bicyclic) bond motifs is 1. The van der Waals surface area contributed by atoms with E-state index in [4.69, 9.17) is 0 Å². The Balaban J connectivity index is 0.000000174. The molecule has 0 saturated carbocycles. The molecule has 7 heterocycles. The lowest BCUT2D eigenvalue weighted by Crippen LogP contribution is -2.62. The van der Waals surface area contributed by atoms with Gasteiger partial charge >= 0.3 is 0 Å². The summed E-state index contributed by atoms with van der Waals surface area (Å²) in [6.07, 6.45) is 11.4. The van der Waals surface area contributed by atoms with Crippen molar-refractivity contribution in [2.45, 2.75) is 115 Å². The Labute approximate surface area is 336 Å². The van der Waals surface area contributed by atoms with Crippen molar-refractivity contribution in [1.29, 1.82) is 0 Å². The number of nitrogens with one attached hydrogen (secondary N) is 2. The smallest absolute Gasteiger partial charge is 0.153 e. The van der Waals surface area contributed by atoms with Crippen LogP contribution in [0.2, 0.25) is 0 Å². The molecule has 2 aliphatic heterocycles. The zero-order chi connectivity index (χ0) is 40.6. The summed E-state index contributed by atoms with van der Waals surface area (Å²) in [4.78, 5) is 18.1. The van der Waals surface area contributed by atoms with E-state index >= 15 is 0 Å². The first-order valence-electron chi connectivity index (χ1n) is 19.9. The first-order chi connectivity index (χ1) is 26.9. The predicted octanol–water partition coefficient (Wildman–Crippen LogP) is 7.30. The molecule has 2 saturated heterocycles. The minimum atomic E-state index is 0.0920. The number of pyridine rings is 1. The summed E-state index contributed by atoms with van der Waals surface area (Å²) >= 11 is 0. The maximum atomic E-state index is 4.66. The number of hydrogen-bond acceptors (Lipinski definition) is 12. The molecule has 0 bridgehead atoms. The molecule has 0 radical (unpaired) electrons. The van der Waals surface area contributed by atoms with Gasteiger partial charge in [0.05, 0.1) is 22.9 Å². The lowest BCUT2D eigenvalue weighted by atomic mass is 9.79. The van der Waals surface area contributed by atoms with Gasteiger partial charge in [0.1, 0.15) is 11.4 Å². The van der Waals surface area contributed by atoms with Crippen LogP contribution in [0.3, 0.4) is 0 Å². The van der Waals surface area contributed by atoms with E-state index in [9.17, 15) is 0 Å². The van der Waals surface area contributed by atoms with Crippen LogP contribution in [0.15, 0.2) is 91.5 Å². The molecule has 5 aromatic heterocycles. The second kappa shape index (κ2) is 15.5. The van der Waals surface area contributed by atoms with Gasteiger partial charge in [-0.2, -0.15) is 5.10 Å². The molecule has 0 atom stereocenters. The Morgan fingerprint density at radius 1 is 0.561 bits per heavy atom. The van der Waals surface area contributed by atoms with Crippen molar-refractivity contribution < 1.29 is 0 Å². The first kappa shape index (κ1) is 39.8. The summed E-state index contributed by atoms with van der Waals surface area (Å²) in [6, 6.07) is 22.5. The third-order valence-corrected chi connectivity index (χ3v) is 11.0. The summed E-state index contributed by atoms with van der Waals surface area (Å²) in [5.74, 6) is 2.56. The molecule has 8 rings (SSSR count). The maximum absolute atomic E-state index is 4.66. The van der Waals surface area contributed by atoms with Gasteiger partial charge in [-0.15, -0.1) is 20.4 Å². The van der Waals surface area contributed by atoms with Crippen molar-refractivity contribution in [2.24, 2.45) is 0 Å². The van der Waals surface area contributed by atoms with Crippen LogP contribution in [0.25, 0.3) is 39.5 Å². The number of benzene rings is 1. The molecular formula is C44H57N13. The molecule has 0 amide bonds. The number of para-hydroxylation sites is 2. The highest BCUT2D eigenvalue weighted by atomic mass is 15.3. The molecule has 0 unspecified atom stereocenters. The third-order valence-electron chi connectivity index (χ3n) is 11.0. The molecule has 57 heavy (non-hydrogen) atoms. The molecule has 13 nitrogen and oxygen atoms in total. The summed E-state index contributed by atoms with van der Waals surface area (Å²) in [6.45, 7) is 18.1. The Morgan fingerprint density at radius 2 is 1.11 bits per heavy atom. The van der Waals surface area contributed by atoms with Crippen molar-refractivity contribution in [1.82, 2.24) is 55.8 Å². The van der Waals surface area contributed by atoms with Crippen LogP contribution in [-0.2, 0) is 0 Å². The topological polar surface area (TPSA) is 139 Å². The standard InChI is InChI=1S/C22H29N7.C22H28N6/c1-21(2)13-17(14-22(3,4)27-21)28(5)20-10-8-18(25-26-20)16-7-9-19(23-15-16)29-12-6-11-24-29;1-21(2)12-15(13-22(3,4)27-21)28(5)20-11-10-18(25-26-20)19-14-23-16-8-6-7-9-17(16)24-19/h6-12,15,17,27H,13-14H2,1-5H3;6-11,14-15,27H,12-13H2,1-5H3. The lowest BCUT2D eigenvalue weighted by molar-refractivity contribution is 0.160. The molecule has 2 aliphatic rings. The Kier molecular flexibility index (Phi) is 10.8. The van der Waals surface area contributed by atoms with E-state index in [0.29, 0.717) is 12.1 Å². The zero-order valence-corrected chi connectivity index (χ0v) is 35.1. The predicted molar refractivity (Wildman–Crippen MR) is 228 cm³/mol. The van der Waals surface area contributed by atoms with Gasteiger partial charge in [0.25, 0.3) is 0 Å². The van der Waals surface area contributed by atoms with Gasteiger partial charge in [-0.25, -0.2) is 14.6 Å². The van der Waals surface area contributed by atoms with Gasteiger partial charge in [0, 0.05) is 72.5 Å². The number of anilines is 2. The number of hydrogen-bond donors (Lipinski definition) is 2. The molecule has 2 N–H and O–H groups in total. The number of aromatic nitrogens is 9. The summed E-state index contributed by atoms with van der Waals surface area (Å²) in [7, 11) is 4.23. The second-order valence-electron chi connectivity index (χ2n) is 18.3. The van der Waals surface area contributed by atoms with Gasteiger partial charge in [0.15, 0.2) is 17.5 Å². The molecule has 6 aromatic rings. The van der Waals surface area contributed by atoms with E-state index in [-0.39, 0.29) is 22.2 Å². The molecule has 298 valence electrons. The largest absolute Gasteiger partial charge is 0.355 e. The van der Waals surface area contributed by atoms with E-state index < -0.39 is 0 Å². The summed E-state index contributed by atoms with van der Waals surface area (Å²) in [5.41, 5.74) is 5.34. The third kappa shape index (κ3) is 9.60. The van der Waals surface area contributed by atoms with Crippen LogP contribution in [0.1, 0.15) is 81.1 Å². The first-order valence-corrected chi connectivity index (χ1v) is 19.9. The highest BCUT2D eigenvalue weighted by Crippen LogP contribution is 2.34. The van der Waals surface area contributed by atoms with E-state index in [1.54, 1.807) is 17.1 Å². The highest BCUT2D eigenvalue weighted by molar-refractivity contribution is 5.76. The van der Waals surface area contributed by atoms with Crippen molar-refractivity contribution in [3.63, 3.8) is 0 Å². The fourth-order valence-corrected chi connectivity index (χ4v) is 8.93. The Morgan fingerprint density at radius 3 is 1.58 bits per heavy atom. The molecule has 0 aliphatic carbocycles. The molecule has 0 spiro atoms. The van der Waals surface area contributed by atoms with E-state index in [1.807, 2.05) is 79.1 Å². The van der Waals surface area contributed by atoms with Crippen molar-refractivity contribution in [3.05, 3.63) is 91.5 Å². The van der Waals surface area contributed by atoms with Crippen LogP contribution in [0, 0.1) is 0 Å². The second-order valence-corrected chi connectivity index (χ2v) is 18.3. The van der Waals surface area contributed by atoms with Crippen molar-refractivity contribution >= 4 is 22.7 Å². The van der Waals surface area contributed by atoms with Gasteiger partial charge in [-0.05, 0) is 136 Å². The Bertz CT molecular complexity index is 2220. The monoisotopic (exact) mass is 767 g/mol. The summed E-state index contributed by atoms with van der Waals surface area (Å²) in [5, 5.41) is 29.6. The van der Waals surface area contributed by atoms with Gasteiger partial charge in [0.2, 0.25) is 0 Å². The van der Waals surface area contributed by atoms with Crippen LogP contribution >= 0.6 is 0 Å². The SMILES string of the molecule is CN(c1ccc(-c2ccc(-n3cccn3)nc2)nn1)C1CC(C)(C)NC(C)(C)C1.CN(c1ccc(-c2cnc3ccccc3n2)nn1)C1CC(C)(C)NC(C)(C)C1. The molecule has 13 heteroatoms. The average molecular weight is 768 g/mol. The molecule has 1 aromatic carbocycles. The number of piperidine rings is 2. The minimum absolute atomic E-state index is 0.0920. The quantitative estimate of drug-likeness (QED) is 0.169. The zero-order valence-electron chi connectivity index (χ0n) is 35.1. The van der Waals surface area contributed by atoms with Crippen molar-refractivity contribution in [3.8, 4) is 28.5 Å². The van der Waals surface area contributed by atoms with Crippen LogP contribution in [0.5, 0.6) is 0 Å². The fourth-order valence-electron chi connectivity index (χ4n) is 8.93. The highest BCUT2D eigenvalue weighted by Gasteiger charge is 2.40. The van der Waals surface area contributed by atoms with E-state index in [2.05, 4.69) is 130 Å². The van der Waals surface area contributed by atoms with Gasteiger partial charge in [-0.3, -0.25) is 4.98 Å². The Hall–Kier alpha value is -5.40. The van der Waals surface area contributed by atoms with Crippen LogP contribution in [0.4, 0.5) is 11.6 Å². The number of rotatable bonds is 7. The van der Waals surface area contributed by atoms with Gasteiger partial charge < -0.3 is 20.4 Å². The fraction of sp³-hybridized carbons (Fsp3) is 0.455. The normalized spacial score (nSPS) is 18.7.